The van der Waals surface area contributed by atoms with Gasteiger partial charge in [0.1, 0.15) is 0 Å². The topological polar surface area (TPSA) is 57.6 Å². The normalized spacial score (nSPS) is 19.4. The van der Waals surface area contributed by atoms with Crippen LogP contribution in [0.5, 0.6) is 0 Å². The Balaban J connectivity index is 1.87. The van der Waals surface area contributed by atoms with E-state index in [4.69, 9.17) is 0 Å². The molecular formula is C16H21NO3. The molecule has 2 amide bonds. The first-order valence-corrected chi connectivity index (χ1v) is 6.97. The van der Waals surface area contributed by atoms with Gasteiger partial charge in [0.25, 0.3) is 0 Å². The van der Waals surface area contributed by atoms with Crippen LogP contribution in [0.4, 0.5) is 0 Å². The number of aliphatic hydroxyl groups excluding tert-OH is 1. The van der Waals surface area contributed by atoms with Crippen molar-refractivity contribution in [3.05, 3.63) is 35.9 Å². The van der Waals surface area contributed by atoms with Crippen LogP contribution >= 0.6 is 0 Å². The van der Waals surface area contributed by atoms with Crippen molar-refractivity contribution in [2.24, 2.45) is 5.41 Å². The molecule has 0 radical (unpaired) electrons. The summed E-state index contributed by atoms with van der Waals surface area (Å²) in [5.41, 5.74) is 0.516. The predicted octanol–water partition coefficient (Wildman–Crippen LogP) is 1.77. The molecule has 1 aromatic carbocycles. The number of nitrogens with zero attached hydrogens (tertiary/aromatic N) is 1. The summed E-state index contributed by atoms with van der Waals surface area (Å²) in [6.45, 7) is 3.64. The fourth-order valence-electron chi connectivity index (χ4n) is 2.49. The average Bonchev–Trinajstić information content (AvgIpc) is 2.60. The first-order chi connectivity index (χ1) is 9.40. The molecule has 108 valence electrons. The van der Waals surface area contributed by atoms with Gasteiger partial charge in [-0.1, -0.05) is 44.2 Å². The van der Waals surface area contributed by atoms with E-state index in [1.54, 1.807) is 13.8 Å². The number of carbonyl (C=O) groups excluding carboxylic acids is 2. The van der Waals surface area contributed by atoms with Gasteiger partial charge in [-0.05, 0) is 18.4 Å². The van der Waals surface area contributed by atoms with E-state index >= 15 is 0 Å². The lowest BCUT2D eigenvalue weighted by Crippen LogP contribution is -2.39. The molecule has 1 saturated heterocycles. The molecule has 0 saturated carbocycles. The van der Waals surface area contributed by atoms with E-state index in [1.165, 1.54) is 4.90 Å². The monoisotopic (exact) mass is 275 g/mol. The van der Waals surface area contributed by atoms with Crippen molar-refractivity contribution >= 4 is 11.8 Å². The largest absolute Gasteiger partial charge is 0.391 e. The van der Waals surface area contributed by atoms with Gasteiger partial charge in [0, 0.05) is 6.42 Å². The van der Waals surface area contributed by atoms with E-state index in [2.05, 4.69) is 0 Å². The minimum absolute atomic E-state index is 0.105. The Morgan fingerprint density at radius 3 is 2.45 bits per heavy atom. The van der Waals surface area contributed by atoms with Crippen LogP contribution in [-0.4, -0.2) is 34.5 Å². The molecule has 1 heterocycles. The second-order valence-electron chi connectivity index (χ2n) is 6.05. The third kappa shape index (κ3) is 3.25. The van der Waals surface area contributed by atoms with E-state index < -0.39 is 11.5 Å². The van der Waals surface area contributed by atoms with Crippen LogP contribution < -0.4 is 0 Å². The van der Waals surface area contributed by atoms with Crippen molar-refractivity contribution in [2.75, 3.05) is 6.54 Å². The predicted molar refractivity (Wildman–Crippen MR) is 75.9 cm³/mol. The van der Waals surface area contributed by atoms with Crippen LogP contribution in [-0.2, 0) is 16.0 Å². The molecule has 0 aliphatic carbocycles. The Labute approximate surface area is 119 Å². The third-order valence-electron chi connectivity index (χ3n) is 3.72. The molecule has 2 rings (SSSR count). The van der Waals surface area contributed by atoms with Gasteiger partial charge in [0.05, 0.1) is 18.1 Å². The molecule has 4 heteroatoms. The Kier molecular flexibility index (Phi) is 4.23. The zero-order valence-electron chi connectivity index (χ0n) is 12.0. The van der Waals surface area contributed by atoms with Crippen LogP contribution in [0.25, 0.3) is 0 Å². The van der Waals surface area contributed by atoms with E-state index in [1.807, 2.05) is 30.3 Å². The van der Waals surface area contributed by atoms with Crippen molar-refractivity contribution in [2.45, 2.75) is 39.2 Å². The summed E-state index contributed by atoms with van der Waals surface area (Å²) in [7, 11) is 0. The van der Waals surface area contributed by atoms with Gasteiger partial charge in [-0.2, -0.15) is 0 Å². The standard InChI is InChI=1S/C16H21NO3/c1-16(2)10-14(19)17(15(16)20)11-13(18)9-8-12-6-4-3-5-7-12/h3-7,13,18H,8-11H2,1-2H3/t13-/m0/s1. The molecule has 1 N–H and O–H groups in total. The van der Waals surface area contributed by atoms with Crippen molar-refractivity contribution in [3.8, 4) is 0 Å². The second-order valence-corrected chi connectivity index (χ2v) is 6.05. The summed E-state index contributed by atoms with van der Waals surface area (Å²) < 4.78 is 0. The molecule has 0 bridgehead atoms. The zero-order chi connectivity index (χ0) is 14.8. The number of imide groups is 1. The number of hydrogen-bond acceptors (Lipinski definition) is 3. The molecule has 20 heavy (non-hydrogen) atoms. The number of benzene rings is 1. The molecule has 1 aliphatic rings. The molecule has 1 aromatic rings. The zero-order valence-corrected chi connectivity index (χ0v) is 12.0. The van der Waals surface area contributed by atoms with E-state index in [0.717, 1.165) is 12.0 Å². The minimum Gasteiger partial charge on any atom is -0.391 e. The van der Waals surface area contributed by atoms with E-state index in [9.17, 15) is 14.7 Å². The Morgan fingerprint density at radius 2 is 1.90 bits per heavy atom. The highest BCUT2D eigenvalue weighted by Gasteiger charge is 2.44. The molecule has 0 aromatic heterocycles. The van der Waals surface area contributed by atoms with Gasteiger partial charge in [0.15, 0.2) is 0 Å². The van der Waals surface area contributed by atoms with E-state index in [-0.39, 0.29) is 24.8 Å². The Bertz CT molecular complexity index is 496. The summed E-state index contributed by atoms with van der Waals surface area (Å²) in [6, 6.07) is 9.86. The minimum atomic E-state index is -0.669. The van der Waals surface area contributed by atoms with Crippen LogP contribution in [0.1, 0.15) is 32.3 Å². The summed E-state index contributed by atoms with van der Waals surface area (Å²) in [6.07, 6.45) is 0.845. The number of aryl methyl sites for hydroxylation is 1. The van der Waals surface area contributed by atoms with Crippen LogP contribution in [0.15, 0.2) is 30.3 Å². The van der Waals surface area contributed by atoms with Gasteiger partial charge in [-0.25, -0.2) is 0 Å². The SMILES string of the molecule is CC1(C)CC(=O)N(C[C@@H](O)CCc2ccccc2)C1=O. The number of hydrogen-bond donors (Lipinski definition) is 1. The maximum atomic E-state index is 12.0. The quantitative estimate of drug-likeness (QED) is 0.833. The highest BCUT2D eigenvalue weighted by Crippen LogP contribution is 2.31. The molecule has 4 nitrogen and oxygen atoms in total. The maximum Gasteiger partial charge on any atom is 0.235 e. The molecule has 0 unspecified atom stereocenters. The molecular weight excluding hydrogens is 254 g/mol. The number of likely N-dealkylation sites (tertiary alicyclic amines) is 1. The summed E-state index contributed by atoms with van der Waals surface area (Å²) >= 11 is 0. The van der Waals surface area contributed by atoms with Crippen molar-refractivity contribution in [3.63, 3.8) is 0 Å². The number of aliphatic hydroxyl groups is 1. The average molecular weight is 275 g/mol. The van der Waals surface area contributed by atoms with Gasteiger partial charge >= 0.3 is 0 Å². The number of rotatable bonds is 5. The van der Waals surface area contributed by atoms with Crippen LogP contribution in [0.2, 0.25) is 0 Å². The van der Waals surface area contributed by atoms with Crippen molar-refractivity contribution in [1.29, 1.82) is 0 Å². The smallest absolute Gasteiger partial charge is 0.235 e. The first-order valence-electron chi connectivity index (χ1n) is 6.97. The first kappa shape index (κ1) is 14.7. The summed E-state index contributed by atoms with van der Waals surface area (Å²) in [5, 5.41) is 10.0. The fraction of sp³-hybridized carbons (Fsp3) is 0.500. The van der Waals surface area contributed by atoms with Gasteiger partial charge < -0.3 is 5.11 Å². The summed E-state index contributed by atoms with van der Waals surface area (Å²) in [5.74, 6) is -0.361. The highest BCUT2D eigenvalue weighted by molar-refractivity contribution is 6.05. The number of carbonyl (C=O) groups is 2. The molecule has 1 aliphatic heterocycles. The van der Waals surface area contributed by atoms with Crippen LogP contribution in [0.3, 0.4) is 0 Å². The Hall–Kier alpha value is -1.68. The molecule has 1 atom stereocenters. The van der Waals surface area contributed by atoms with E-state index in [0.29, 0.717) is 6.42 Å². The van der Waals surface area contributed by atoms with Crippen LogP contribution in [0, 0.1) is 5.41 Å². The number of β-amino-alcohol motifs (C(OH)–C–C–N with tert-alkyl or cyclic N) is 1. The lowest BCUT2D eigenvalue weighted by Gasteiger charge is -2.20. The van der Waals surface area contributed by atoms with Gasteiger partial charge in [-0.15, -0.1) is 0 Å². The van der Waals surface area contributed by atoms with Crippen molar-refractivity contribution < 1.29 is 14.7 Å². The fourth-order valence-corrected chi connectivity index (χ4v) is 2.49. The second kappa shape index (κ2) is 5.75. The van der Waals surface area contributed by atoms with Crippen molar-refractivity contribution in [1.82, 2.24) is 4.90 Å². The molecule has 1 fully saturated rings. The van der Waals surface area contributed by atoms with Gasteiger partial charge in [0.2, 0.25) is 11.8 Å². The van der Waals surface area contributed by atoms with Gasteiger partial charge in [-0.3, -0.25) is 14.5 Å². The molecule has 0 spiro atoms. The lowest BCUT2D eigenvalue weighted by molar-refractivity contribution is -0.142. The third-order valence-corrected chi connectivity index (χ3v) is 3.72. The highest BCUT2D eigenvalue weighted by atomic mass is 16.3. The summed E-state index contributed by atoms with van der Waals surface area (Å²) in [4.78, 5) is 25.0. The lowest BCUT2D eigenvalue weighted by atomic mass is 9.92. The number of amides is 2. The Morgan fingerprint density at radius 1 is 1.25 bits per heavy atom. The maximum absolute atomic E-state index is 12.0.